The quantitative estimate of drug-likeness (QED) is 0.704. The van der Waals surface area contributed by atoms with Crippen molar-refractivity contribution < 1.29 is 33.3 Å². The molecule has 0 heterocycles. The summed E-state index contributed by atoms with van der Waals surface area (Å²) in [4.78, 5) is 22.0. The zero-order valence-electron chi connectivity index (χ0n) is 10.5. The third-order valence-corrected chi connectivity index (χ3v) is 2.55. The van der Waals surface area contributed by atoms with E-state index in [1.165, 1.54) is 6.92 Å². The number of benzene rings is 1. The highest BCUT2D eigenvalue weighted by Gasteiger charge is 2.47. The van der Waals surface area contributed by atoms with Gasteiger partial charge in [0.05, 0.1) is 6.61 Å². The first kappa shape index (κ1) is 15.8. The fraction of sp³-hybridized carbons (Fsp3) is 0.333. The SMILES string of the molecule is CCOC(=O)C(F)(F)[C@@H](N)c1ccc(O)c(C(=O)O)c1. The molecule has 20 heavy (non-hydrogen) atoms. The van der Waals surface area contributed by atoms with E-state index < -0.39 is 35.2 Å². The molecule has 1 aromatic rings. The molecule has 6 nitrogen and oxygen atoms in total. The van der Waals surface area contributed by atoms with E-state index in [2.05, 4.69) is 4.74 Å². The molecular formula is C12H13F2NO5. The first-order chi connectivity index (χ1) is 9.21. The monoisotopic (exact) mass is 289 g/mol. The van der Waals surface area contributed by atoms with Crippen molar-refractivity contribution in [3.8, 4) is 5.75 Å². The standard InChI is InChI=1S/C12H13F2NO5/c1-2-20-11(19)12(13,14)9(15)6-3-4-8(16)7(5-6)10(17)18/h3-5,9,16H,2,15H2,1H3,(H,17,18)/t9-/m0/s1. The van der Waals surface area contributed by atoms with Crippen LogP contribution in [0, 0.1) is 0 Å². The van der Waals surface area contributed by atoms with Gasteiger partial charge in [0.1, 0.15) is 17.4 Å². The van der Waals surface area contributed by atoms with Gasteiger partial charge < -0.3 is 20.7 Å². The lowest BCUT2D eigenvalue weighted by Crippen LogP contribution is -2.41. The maximum atomic E-state index is 13.7. The van der Waals surface area contributed by atoms with Crippen LogP contribution in [0.3, 0.4) is 0 Å². The molecule has 110 valence electrons. The fourth-order valence-electron chi connectivity index (χ4n) is 1.48. The molecule has 1 aromatic carbocycles. The summed E-state index contributed by atoms with van der Waals surface area (Å²) in [6.45, 7) is 1.12. The second kappa shape index (κ2) is 5.83. The minimum absolute atomic E-state index is 0.239. The maximum Gasteiger partial charge on any atom is 0.379 e. The molecule has 8 heteroatoms. The third kappa shape index (κ3) is 3.02. The van der Waals surface area contributed by atoms with E-state index in [1.54, 1.807) is 0 Å². The number of carbonyl (C=O) groups excluding carboxylic acids is 1. The van der Waals surface area contributed by atoms with Gasteiger partial charge in [0.25, 0.3) is 0 Å². The highest BCUT2D eigenvalue weighted by molar-refractivity contribution is 5.91. The number of nitrogens with two attached hydrogens (primary N) is 1. The number of carboxylic acids is 1. The molecule has 0 aromatic heterocycles. The van der Waals surface area contributed by atoms with E-state index in [1.807, 2.05) is 0 Å². The highest BCUT2D eigenvalue weighted by atomic mass is 19.3. The van der Waals surface area contributed by atoms with Gasteiger partial charge in [0, 0.05) is 0 Å². The summed E-state index contributed by atoms with van der Waals surface area (Å²) in [5, 5.41) is 18.1. The van der Waals surface area contributed by atoms with Crippen molar-refractivity contribution in [2.75, 3.05) is 6.61 Å². The Morgan fingerprint density at radius 3 is 2.55 bits per heavy atom. The molecular weight excluding hydrogens is 276 g/mol. The maximum absolute atomic E-state index is 13.7. The van der Waals surface area contributed by atoms with Crippen LogP contribution < -0.4 is 5.73 Å². The van der Waals surface area contributed by atoms with Crippen molar-refractivity contribution in [3.05, 3.63) is 29.3 Å². The number of halogens is 2. The molecule has 0 bridgehead atoms. The van der Waals surface area contributed by atoms with Gasteiger partial charge in [-0.3, -0.25) is 0 Å². The molecule has 1 atom stereocenters. The zero-order chi connectivity index (χ0) is 15.5. The molecule has 0 unspecified atom stereocenters. The minimum Gasteiger partial charge on any atom is -0.507 e. The Labute approximate surface area is 112 Å². The number of phenols is 1. The Morgan fingerprint density at radius 1 is 1.45 bits per heavy atom. The average Bonchev–Trinajstić information content (AvgIpc) is 2.38. The number of rotatable bonds is 5. The van der Waals surface area contributed by atoms with E-state index in [0.29, 0.717) is 0 Å². The van der Waals surface area contributed by atoms with Gasteiger partial charge >= 0.3 is 17.9 Å². The average molecular weight is 289 g/mol. The summed E-state index contributed by atoms with van der Waals surface area (Å²) < 4.78 is 31.6. The summed E-state index contributed by atoms with van der Waals surface area (Å²) in [5.41, 5.74) is 4.40. The van der Waals surface area contributed by atoms with Crippen molar-refractivity contribution in [2.24, 2.45) is 5.73 Å². The van der Waals surface area contributed by atoms with Gasteiger partial charge in [-0.15, -0.1) is 0 Å². The molecule has 0 aliphatic carbocycles. The number of hydrogen-bond acceptors (Lipinski definition) is 5. The molecule has 0 radical (unpaired) electrons. The van der Waals surface area contributed by atoms with Crippen molar-refractivity contribution in [3.63, 3.8) is 0 Å². The normalized spacial score (nSPS) is 12.8. The predicted octanol–water partition coefficient (Wildman–Crippen LogP) is 1.29. The smallest absolute Gasteiger partial charge is 0.379 e. The van der Waals surface area contributed by atoms with Crippen LogP contribution in [0.15, 0.2) is 18.2 Å². The molecule has 4 N–H and O–H groups in total. The number of hydrogen-bond donors (Lipinski definition) is 3. The highest BCUT2D eigenvalue weighted by Crippen LogP contribution is 2.32. The van der Waals surface area contributed by atoms with Crippen molar-refractivity contribution in [1.82, 2.24) is 0 Å². The summed E-state index contributed by atoms with van der Waals surface area (Å²) in [6.07, 6.45) is 0. The predicted molar refractivity (Wildman–Crippen MR) is 63.6 cm³/mol. The van der Waals surface area contributed by atoms with Crippen LogP contribution in [0.2, 0.25) is 0 Å². The van der Waals surface area contributed by atoms with Crippen LogP contribution in [0.1, 0.15) is 28.9 Å². The Hall–Kier alpha value is -2.22. The largest absolute Gasteiger partial charge is 0.507 e. The first-order valence-corrected chi connectivity index (χ1v) is 5.58. The van der Waals surface area contributed by atoms with Gasteiger partial charge in [0.2, 0.25) is 0 Å². The Balaban J connectivity index is 3.14. The first-order valence-electron chi connectivity index (χ1n) is 5.58. The number of ether oxygens (including phenoxy) is 1. The summed E-state index contributed by atoms with van der Waals surface area (Å²) >= 11 is 0. The minimum atomic E-state index is -4.01. The lowest BCUT2D eigenvalue weighted by molar-refractivity contribution is -0.174. The van der Waals surface area contributed by atoms with Crippen molar-refractivity contribution >= 4 is 11.9 Å². The van der Waals surface area contributed by atoms with Crippen LogP contribution in [0.25, 0.3) is 0 Å². The number of alkyl halides is 2. The number of aromatic carboxylic acids is 1. The zero-order valence-corrected chi connectivity index (χ0v) is 10.5. The van der Waals surface area contributed by atoms with E-state index in [9.17, 15) is 23.5 Å². The fourth-order valence-corrected chi connectivity index (χ4v) is 1.48. The molecule has 0 fully saturated rings. The second-order valence-electron chi connectivity index (χ2n) is 3.90. The van der Waals surface area contributed by atoms with Gasteiger partial charge in [-0.25, -0.2) is 9.59 Å². The molecule has 0 saturated carbocycles. The van der Waals surface area contributed by atoms with E-state index >= 15 is 0 Å². The van der Waals surface area contributed by atoms with Gasteiger partial charge in [0.15, 0.2) is 0 Å². The van der Waals surface area contributed by atoms with Gasteiger partial charge in [-0.1, -0.05) is 6.07 Å². The van der Waals surface area contributed by atoms with Crippen LogP contribution in [-0.2, 0) is 9.53 Å². The van der Waals surface area contributed by atoms with Gasteiger partial charge in [-0.2, -0.15) is 8.78 Å². The lowest BCUT2D eigenvalue weighted by Gasteiger charge is -2.22. The summed E-state index contributed by atoms with van der Waals surface area (Å²) in [5.74, 6) is -7.90. The Morgan fingerprint density at radius 2 is 2.05 bits per heavy atom. The molecule has 0 aliphatic rings. The second-order valence-corrected chi connectivity index (χ2v) is 3.90. The van der Waals surface area contributed by atoms with Crippen LogP contribution in [0.4, 0.5) is 8.78 Å². The van der Waals surface area contributed by atoms with Crippen LogP contribution >= 0.6 is 0 Å². The van der Waals surface area contributed by atoms with E-state index in [0.717, 1.165) is 18.2 Å². The summed E-state index contributed by atoms with van der Waals surface area (Å²) in [7, 11) is 0. The van der Waals surface area contributed by atoms with Gasteiger partial charge in [-0.05, 0) is 24.6 Å². The molecule has 0 aliphatic heterocycles. The number of aromatic hydroxyl groups is 1. The summed E-state index contributed by atoms with van der Waals surface area (Å²) in [6, 6.07) is 0.634. The number of esters is 1. The lowest BCUT2D eigenvalue weighted by atomic mass is 9.99. The number of carbonyl (C=O) groups is 2. The van der Waals surface area contributed by atoms with Crippen LogP contribution in [-0.4, -0.2) is 34.7 Å². The molecule has 0 amide bonds. The molecule has 0 spiro atoms. The molecule has 1 rings (SSSR count). The number of carboxylic acid groups (broad SMARTS) is 1. The van der Waals surface area contributed by atoms with Crippen LogP contribution in [0.5, 0.6) is 5.75 Å². The molecule has 0 saturated heterocycles. The van der Waals surface area contributed by atoms with Crippen molar-refractivity contribution in [1.29, 1.82) is 0 Å². The topological polar surface area (TPSA) is 110 Å². The Kier molecular flexibility index (Phi) is 4.61. The Bertz CT molecular complexity index is 533. The van der Waals surface area contributed by atoms with E-state index in [-0.39, 0.29) is 12.2 Å². The van der Waals surface area contributed by atoms with Crippen molar-refractivity contribution in [2.45, 2.75) is 18.9 Å². The third-order valence-electron chi connectivity index (χ3n) is 2.55. The van der Waals surface area contributed by atoms with E-state index in [4.69, 9.17) is 10.8 Å².